The molecule has 2 aromatic carbocycles. The van der Waals surface area contributed by atoms with Crippen molar-refractivity contribution in [2.45, 2.75) is 18.2 Å². The molecule has 0 spiro atoms. The third-order valence-electron chi connectivity index (χ3n) is 4.48. The molecule has 0 aliphatic carbocycles. The van der Waals surface area contributed by atoms with Gasteiger partial charge in [0.25, 0.3) is 0 Å². The van der Waals surface area contributed by atoms with E-state index in [1.807, 2.05) is 30.3 Å². The summed E-state index contributed by atoms with van der Waals surface area (Å²) >= 11 is 0. The van der Waals surface area contributed by atoms with Crippen LogP contribution in [0.2, 0.25) is 0 Å². The Labute approximate surface area is 140 Å². The highest BCUT2D eigenvalue weighted by Gasteiger charge is 2.58. The monoisotopic (exact) mass is 346 g/mol. The molecule has 3 N–H and O–H groups in total. The number of aromatic amines is 1. The second kappa shape index (κ2) is 5.10. The topological polar surface area (TPSA) is 65.1 Å². The SMILES string of the molecule is O=C1CC(O)(C(F)(F)F)c2ccc3[nH]c(-c4ccccc4)cc3c2N1. The van der Waals surface area contributed by atoms with Crippen molar-refractivity contribution in [3.8, 4) is 11.3 Å². The summed E-state index contributed by atoms with van der Waals surface area (Å²) in [6, 6.07) is 13.6. The van der Waals surface area contributed by atoms with Gasteiger partial charge < -0.3 is 15.4 Å². The number of rotatable bonds is 1. The number of aromatic nitrogens is 1. The fourth-order valence-electron chi connectivity index (χ4n) is 3.22. The zero-order valence-electron chi connectivity index (χ0n) is 12.8. The van der Waals surface area contributed by atoms with Crippen molar-refractivity contribution in [2.75, 3.05) is 5.32 Å². The minimum absolute atomic E-state index is 0.00740. The third kappa shape index (κ3) is 2.31. The van der Waals surface area contributed by atoms with Crippen molar-refractivity contribution < 1.29 is 23.1 Å². The highest BCUT2D eigenvalue weighted by Crippen LogP contribution is 2.49. The van der Waals surface area contributed by atoms with E-state index in [1.54, 1.807) is 6.07 Å². The normalized spacial score (nSPS) is 20.4. The largest absolute Gasteiger partial charge is 0.422 e. The second-order valence-electron chi connectivity index (χ2n) is 6.08. The number of H-pyrrole nitrogens is 1. The third-order valence-corrected chi connectivity index (χ3v) is 4.48. The van der Waals surface area contributed by atoms with Crippen molar-refractivity contribution in [1.82, 2.24) is 4.98 Å². The van der Waals surface area contributed by atoms with Gasteiger partial charge in [-0.05, 0) is 17.7 Å². The Bertz CT molecular complexity index is 979. The van der Waals surface area contributed by atoms with Crippen molar-refractivity contribution in [3.63, 3.8) is 0 Å². The van der Waals surface area contributed by atoms with Gasteiger partial charge in [-0.15, -0.1) is 0 Å². The van der Waals surface area contributed by atoms with Gasteiger partial charge in [0.2, 0.25) is 5.91 Å². The number of carbonyl (C=O) groups is 1. The van der Waals surface area contributed by atoms with Crippen molar-refractivity contribution in [1.29, 1.82) is 0 Å². The van der Waals surface area contributed by atoms with Crippen LogP contribution in [0.1, 0.15) is 12.0 Å². The van der Waals surface area contributed by atoms with Gasteiger partial charge in [-0.25, -0.2) is 0 Å². The molecule has 3 aromatic rings. The molecule has 1 atom stereocenters. The quantitative estimate of drug-likeness (QED) is 0.625. The lowest BCUT2D eigenvalue weighted by atomic mass is 9.84. The summed E-state index contributed by atoms with van der Waals surface area (Å²) in [5.41, 5.74) is -1.40. The molecule has 1 aliphatic rings. The predicted octanol–water partition coefficient (Wildman–Crippen LogP) is 3.93. The van der Waals surface area contributed by atoms with Gasteiger partial charge >= 0.3 is 6.18 Å². The molecule has 128 valence electrons. The van der Waals surface area contributed by atoms with Gasteiger partial charge in [0.1, 0.15) is 0 Å². The summed E-state index contributed by atoms with van der Waals surface area (Å²) in [5, 5.41) is 13.1. The number of benzene rings is 2. The maximum atomic E-state index is 13.4. The zero-order chi connectivity index (χ0) is 17.8. The van der Waals surface area contributed by atoms with E-state index in [0.29, 0.717) is 16.6 Å². The molecule has 2 heterocycles. The Hall–Kier alpha value is -2.80. The summed E-state index contributed by atoms with van der Waals surface area (Å²) in [7, 11) is 0. The van der Waals surface area contributed by atoms with E-state index >= 15 is 0 Å². The van der Waals surface area contributed by atoms with E-state index in [-0.39, 0.29) is 11.3 Å². The summed E-state index contributed by atoms with van der Waals surface area (Å²) in [6.45, 7) is 0. The van der Waals surface area contributed by atoms with Crippen LogP contribution in [0.25, 0.3) is 22.2 Å². The van der Waals surface area contributed by atoms with Gasteiger partial charge in [0.15, 0.2) is 5.60 Å². The van der Waals surface area contributed by atoms with E-state index in [2.05, 4.69) is 10.3 Å². The minimum atomic E-state index is -4.95. The number of alkyl halides is 3. The molecule has 1 amide bonds. The molecule has 0 saturated carbocycles. The molecule has 4 rings (SSSR count). The standard InChI is InChI=1S/C18H13F3N2O2/c19-18(20,21)17(25)9-15(24)23-16-11-8-14(10-4-2-1-3-5-10)22-13(11)7-6-12(16)17/h1-8,22,25H,9H2,(H,23,24). The van der Waals surface area contributed by atoms with Crippen LogP contribution in [0.5, 0.6) is 0 Å². The number of amides is 1. The fraction of sp³-hybridized carbons (Fsp3) is 0.167. The van der Waals surface area contributed by atoms with Crippen molar-refractivity contribution >= 4 is 22.5 Å². The molecule has 1 aromatic heterocycles. The highest BCUT2D eigenvalue weighted by molar-refractivity contribution is 6.06. The molecular weight excluding hydrogens is 333 g/mol. The Morgan fingerprint density at radius 3 is 2.48 bits per heavy atom. The van der Waals surface area contributed by atoms with Crippen molar-refractivity contribution in [2.24, 2.45) is 0 Å². The first kappa shape index (κ1) is 15.7. The van der Waals surface area contributed by atoms with Crippen LogP contribution in [0.4, 0.5) is 18.9 Å². The number of nitrogens with one attached hydrogen (secondary N) is 2. The molecule has 25 heavy (non-hydrogen) atoms. The lowest BCUT2D eigenvalue weighted by Crippen LogP contribution is -2.48. The average Bonchev–Trinajstić information content (AvgIpc) is 2.99. The van der Waals surface area contributed by atoms with Crippen LogP contribution in [0.15, 0.2) is 48.5 Å². The maximum Gasteiger partial charge on any atom is 0.422 e. The average molecular weight is 346 g/mol. The molecule has 1 unspecified atom stereocenters. The highest BCUT2D eigenvalue weighted by atomic mass is 19.4. The van der Waals surface area contributed by atoms with E-state index in [9.17, 15) is 23.1 Å². The van der Waals surface area contributed by atoms with Crippen LogP contribution in [-0.2, 0) is 10.4 Å². The Morgan fingerprint density at radius 1 is 1.08 bits per heavy atom. The lowest BCUT2D eigenvalue weighted by molar-refractivity contribution is -0.267. The predicted molar refractivity (Wildman–Crippen MR) is 86.9 cm³/mol. The number of anilines is 1. The first-order valence-electron chi connectivity index (χ1n) is 7.60. The summed E-state index contributed by atoms with van der Waals surface area (Å²) in [6.07, 6.45) is -6.00. The molecule has 0 radical (unpaired) electrons. The van der Waals surface area contributed by atoms with Gasteiger partial charge in [0, 0.05) is 22.2 Å². The molecule has 0 bridgehead atoms. The first-order chi connectivity index (χ1) is 11.8. The van der Waals surface area contributed by atoms with Crippen LogP contribution in [0.3, 0.4) is 0 Å². The number of fused-ring (bicyclic) bond motifs is 3. The van der Waals surface area contributed by atoms with E-state index in [1.165, 1.54) is 12.1 Å². The van der Waals surface area contributed by atoms with Gasteiger partial charge in [-0.1, -0.05) is 36.4 Å². The number of halogens is 3. The first-order valence-corrected chi connectivity index (χ1v) is 7.60. The van der Waals surface area contributed by atoms with Gasteiger partial charge in [-0.3, -0.25) is 4.79 Å². The molecule has 0 saturated heterocycles. The number of hydrogen-bond acceptors (Lipinski definition) is 2. The molecular formula is C18H13F3N2O2. The van der Waals surface area contributed by atoms with Crippen LogP contribution in [-0.4, -0.2) is 22.2 Å². The Balaban J connectivity index is 1.95. The van der Waals surface area contributed by atoms with Crippen molar-refractivity contribution in [3.05, 3.63) is 54.1 Å². The zero-order valence-corrected chi connectivity index (χ0v) is 12.8. The van der Waals surface area contributed by atoms with E-state index < -0.39 is 24.1 Å². The maximum absolute atomic E-state index is 13.4. The Kier molecular flexibility index (Phi) is 3.20. The van der Waals surface area contributed by atoms with Crippen LogP contribution >= 0.6 is 0 Å². The number of hydrogen-bond donors (Lipinski definition) is 3. The lowest BCUT2D eigenvalue weighted by Gasteiger charge is -2.35. The second-order valence-corrected chi connectivity index (χ2v) is 6.08. The minimum Gasteiger partial charge on any atom is -0.376 e. The Morgan fingerprint density at radius 2 is 1.80 bits per heavy atom. The van der Waals surface area contributed by atoms with Crippen LogP contribution < -0.4 is 5.32 Å². The molecule has 1 aliphatic heterocycles. The van der Waals surface area contributed by atoms with Gasteiger partial charge in [0.05, 0.1) is 12.1 Å². The molecule has 7 heteroatoms. The fourth-order valence-corrected chi connectivity index (χ4v) is 3.22. The summed E-state index contributed by atoms with van der Waals surface area (Å²) in [4.78, 5) is 15.0. The number of carbonyl (C=O) groups excluding carboxylic acids is 1. The van der Waals surface area contributed by atoms with E-state index in [4.69, 9.17) is 0 Å². The molecule has 4 nitrogen and oxygen atoms in total. The summed E-state index contributed by atoms with van der Waals surface area (Å²) in [5.74, 6) is -0.873. The van der Waals surface area contributed by atoms with E-state index in [0.717, 1.165) is 5.56 Å². The number of aliphatic hydroxyl groups is 1. The smallest absolute Gasteiger partial charge is 0.376 e. The van der Waals surface area contributed by atoms with Crippen LogP contribution in [0, 0.1) is 0 Å². The molecule has 0 fully saturated rings. The van der Waals surface area contributed by atoms with Gasteiger partial charge in [-0.2, -0.15) is 13.2 Å². The summed E-state index contributed by atoms with van der Waals surface area (Å²) < 4.78 is 40.2.